The van der Waals surface area contributed by atoms with Crippen molar-refractivity contribution < 1.29 is 48.5 Å². The molecule has 1 atom stereocenters. The molecule has 7 aliphatic rings. The lowest BCUT2D eigenvalue weighted by Gasteiger charge is -2.45. The molecule has 0 saturated carbocycles. The number of rotatable bonds is 12. The maximum absolute atomic E-state index is 12.8. The highest BCUT2D eigenvalue weighted by atomic mass is 35.5. The average Bonchev–Trinajstić information content (AvgIpc) is 0.974. The van der Waals surface area contributed by atoms with Gasteiger partial charge in [0.05, 0.1) is 62.1 Å². The fraction of sp³-hybridized carbons (Fsp3) is 0.373. The Labute approximate surface area is 524 Å². The number of anilines is 2. The fourth-order valence-corrected chi connectivity index (χ4v) is 14.3. The zero-order valence-electron chi connectivity index (χ0n) is 50.2. The van der Waals surface area contributed by atoms with E-state index in [1.807, 2.05) is 42.5 Å². The summed E-state index contributed by atoms with van der Waals surface area (Å²) in [4.78, 5) is 74.8. The SMILES string of the molecule is CC1=CC(C)(C)[N+](CCCC(=O)O)=c2cc3c(cc21)=Nc1cc2c(cc1O3)N(C)C(C)(C)CC2C.CCN1c2cc3c(cc2C=CC1(C)C)C(c1c(Cl)c(Cl)c(Cl)c(Cl)c1C(=O)[O-])=c1cc2c(cc1O3)=[N+](CCCC(=O)ON1C(=O)CCC1=O)CC=C2. The minimum Gasteiger partial charge on any atom is -0.545 e. The van der Waals surface area contributed by atoms with E-state index in [1.54, 1.807) is 0 Å². The number of imide groups is 1. The molecule has 0 radical (unpaired) electrons. The van der Waals surface area contributed by atoms with Gasteiger partial charge in [0.2, 0.25) is 10.7 Å². The van der Waals surface area contributed by atoms with Crippen LogP contribution < -0.4 is 54.8 Å². The van der Waals surface area contributed by atoms with E-state index < -0.39 is 35.3 Å². The molecule has 16 nitrogen and oxygen atoms in total. The zero-order chi connectivity index (χ0) is 62.5. The third kappa shape index (κ3) is 11.1. The summed E-state index contributed by atoms with van der Waals surface area (Å²) in [6, 6.07) is 16.2. The number of hydroxylamine groups is 2. The molecular formula is C67H67Cl4N6O10+. The van der Waals surface area contributed by atoms with Crippen LogP contribution >= 0.6 is 46.4 Å². The maximum Gasteiger partial charge on any atom is 0.333 e. The molecule has 12 rings (SSSR count). The van der Waals surface area contributed by atoms with Gasteiger partial charge in [-0.25, -0.2) is 18.9 Å². The van der Waals surface area contributed by atoms with E-state index in [0.29, 0.717) is 77.9 Å². The van der Waals surface area contributed by atoms with E-state index >= 15 is 0 Å². The summed E-state index contributed by atoms with van der Waals surface area (Å²) in [5, 5.41) is 25.0. The molecule has 2 amide bonds. The Morgan fingerprint density at radius 2 is 1.47 bits per heavy atom. The molecule has 7 heterocycles. The molecule has 1 N–H and O–H groups in total. The zero-order valence-corrected chi connectivity index (χ0v) is 53.2. The van der Waals surface area contributed by atoms with Crippen LogP contribution in [0.15, 0.2) is 71.8 Å². The van der Waals surface area contributed by atoms with Gasteiger partial charge in [0.1, 0.15) is 35.6 Å². The average molecular weight is 1260 g/mol. The number of aromatic carboxylic acids is 1. The van der Waals surface area contributed by atoms with Gasteiger partial charge in [-0.15, -0.1) is 5.06 Å². The second-order valence-corrected chi connectivity index (χ2v) is 26.4. The van der Waals surface area contributed by atoms with E-state index in [1.165, 1.54) is 16.8 Å². The number of ether oxygens (including phenoxy) is 2. The first-order valence-corrected chi connectivity index (χ1v) is 30.7. The molecule has 1 unspecified atom stereocenters. The Bertz CT molecular complexity index is 4250. The van der Waals surface area contributed by atoms with Crippen molar-refractivity contribution in [3.05, 3.63) is 147 Å². The predicted molar refractivity (Wildman–Crippen MR) is 337 cm³/mol. The number of carboxylic acids is 2. The third-order valence-electron chi connectivity index (χ3n) is 17.7. The highest BCUT2D eigenvalue weighted by molar-refractivity contribution is 6.53. The summed E-state index contributed by atoms with van der Waals surface area (Å²) in [6.45, 7) is 22.0. The first-order valence-electron chi connectivity index (χ1n) is 29.2. The molecule has 1 fully saturated rings. The van der Waals surface area contributed by atoms with E-state index in [2.05, 4.69) is 125 Å². The number of hydrogen-bond acceptors (Lipinski definition) is 12. The molecule has 5 aromatic carbocycles. The molecule has 1 saturated heterocycles. The smallest absolute Gasteiger partial charge is 0.333 e. The number of allylic oxidation sites excluding steroid dienone is 1. The van der Waals surface area contributed by atoms with E-state index in [0.717, 1.165) is 62.1 Å². The van der Waals surface area contributed by atoms with E-state index in [9.17, 15) is 29.1 Å². The van der Waals surface area contributed by atoms with Gasteiger partial charge in [0.25, 0.3) is 11.8 Å². The van der Waals surface area contributed by atoms with Crippen LogP contribution in [0, 0.1) is 0 Å². The molecule has 0 spiro atoms. The second-order valence-electron chi connectivity index (χ2n) is 24.8. The van der Waals surface area contributed by atoms with E-state index in [-0.39, 0.29) is 68.0 Å². The van der Waals surface area contributed by atoms with Gasteiger partial charge in [-0.3, -0.25) is 14.4 Å². The Hall–Kier alpha value is -7.50. The van der Waals surface area contributed by atoms with Gasteiger partial charge in [0.15, 0.2) is 23.6 Å². The Morgan fingerprint density at radius 3 is 2.17 bits per heavy atom. The van der Waals surface area contributed by atoms with E-state index in [4.69, 9.17) is 70.8 Å². The van der Waals surface area contributed by atoms with Gasteiger partial charge in [-0.2, -0.15) is 0 Å². The van der Waals surface area contributed by atoms with Crippen molar-refractivity contribution in [2.45, 2.75) is 130 Å². The van der Waals surface area contributed by atoms with Crippen molar-refractivity contribution in [1.82, 2.24) is 14.2 Å². The predicted octanol–water partition coefficient (Wildman–Crippen LogP) is 10.6. The van der Waals surface area contributed by atoms with Crippen LogP contribution in [-0.2, 0) is 24.0 Å². The highest BCUT2D eigenvalue weighted by Gasteiger charge is 2.39. The lowest BCUT2D eigenvalue weighted by Crippen LogP contribution is -2.50. The maximum atomic E-state index is 12.8. The van der Waals surface area contributed by atoms with Gasteiger partial charge < -0.3 is 39.1 Å². The molecule has 0 aliphatic carbocycles. The van der Waals surface area contributed by atoms with Gasteiger partial charge >= 0.3 is 11.9 Å². The topological polar surface area (TPSA) is 184 Å². The number of aliphatic carboxylic acids is 1. The van der Waals surface area contributed by atoms with Crippen LogP contribution in [0.2, 0.25) is 20.1 Å². The number of carbonyl (C=O) groups is 5. The summed E-state index contributed by atoms with van der Waals surface area (Å²) >= 11 is 26.4. The number of fused-ring (bicyclic) bond motifs is 8. The second kappa shape index (κ2) is 22.9. The van der Waals surface area contributed by atoms with Crippen molar-refractivity contribution in [2.75, 3.05) is 43.0 Å². The Balaban J connectivity index is 0.000000195. The first kappa shape index (κ1) is 61.2. The number of likely N-dealkylation sites (N-methyl/N-ethyl adjacent to an activating group) is 1. The molecule has 20 heteroatoms. The molecule has 0 bridgehead atoms. The number of carboxylic acid groups (broad SMARTS) is 2. The Morgan fingerprint density at radius 1 is 0.793 bits per heavy atom. The number of carbonyl (C=O) groups excluding carboxylic acids is 4. The highest BCUT2D eigenvalue weighted by Crippen LogP contribution is 2.51. The van der Waals surface area contributed by atoms with Crippen molar-refractivity contribution in [3.63, 3.8) is 0 Å². The monoisotopic (exact) mass is 1260 g/mol. The lowest BCUT2D eigenvalue weighted by molar-refractivity contribution is -0.255. The lowest BCUT2D eigenvalue weighted by atomic mass is 9.80. The van der Waals surface area contributed by atoms with Crippen molar-refractivity contribution in [2.24, 2.45) is 4.99 Å². The molecule has 87 heavy (non-hydrogen) atoms. The first-order chi connectivity index (χ1) is 41.1. The summed E-state index contributed by atoms with van der Waals surface area (Å²) in [6.07, 6.45) is 12.5. The minimum atomic E-state index is -1.58. The van der Waals surface area contributed by atoms with Gasteiger partial charge in [0, 0.05) is 115 Å². The normalized spacial score (nSPS) is 18.5. The van der Waals surface area contributed by atoms with Gasteiger partial charge in [-0.1, -0.05) is 65.5 Å². The summed E-state index contributed by atoms with van der Waals surface area (Å²) in [5.41, 5.74) is 8.55. The van der Waals surface area contributed by atoms with Crippen LogP contribution in [0.1, 0.15) is 157 Å². The largest absolute Gasteiger partial charge is 0.545 e. The van der Waals surface area contributed by atoms with Crippen LogP contribution in [0.3, 0.4) is 0 Å². The molecule has 7 aliphatic heterocycles. The number of benzene rings is 5. The van der Waals surface area contributed by atoms with Crippen LogP contribution in [0.5, 0.6) is 23.0 Å². The summed E-state index contributed by atoms with van der Waals surface area (Å²) < 4.78 is 17.5. The van der Waals surface area contributed by atoms with Crippen molar-refractivity contribution in [3.8, 4) is 23.0 Å². The molecule has 5 aromatic rings. The van der Waals surface area contributed by atoms with Crippen LogP contribution in [-0.4, -0.2) is 89.7 Å². The van der Waals surface area contributed by atoms with Crippen molar-refractivity contribution >= 4 is 116 Å². The number of amides is 2. The van der Waals surface area contributed by atoms with Crippen molar-refractivity contribution in [1.29, 1.82) is 0 Å². The van der Waals surface area contributed by atoms with Crippen LogP contribution in [0.4, 0.5) is 17.1 Å². The number of hydrogen-bond donors (Lipinski definition) is 1. The number of nitrogens with zero attached hydrogens (tertiary/aromatic N) is 6. The minimum absolute atomic E-state index is 0.0200. The fourth-order valence-electron chi connectivity index (χ4n) is 13.3. The third-order valence-corrected chi connectivity index (χ3v) is 19.5. The summed E-state index contributed by atoms with van der Waals surface area (Å²) in [5.74, 6) is -1.23. The van der Waals surface area contributed by atoms with Gasteiger partial charge in [-0.05, 0) is 113 Å². The summed E-state index contributed by atoms with van der Waals surface area (Å²) in [7, 11) is 2.16. The number of halogens is 4. The standard InChI is InChI=1S/C38H31Cl4N3O7.C29H35N3O3/c1-4-44-24-18-26-22(16-20(24)11-12-38(44,2)3)30(31-32(37(49)50)34(40)36(42)35(41)33(31)39)21-15-19-7-5-13-43(23(19)17-25(21)51-26)14-6-8-29(48)52-45-27(46)9-10-28(45)47;1-17-15-28(3,4)31(7)23-13-25-21(11-19(17)23)30-22-12-20-18(2)16-29(5,6)32(10-8-9-27(33)34)24(20)14-26(22)35-25/h5,7,11-12,15-18H,4,6,8-10,13-14H2,1-3H3;11-14,16-17H,8-10,15H2,1-7H3/p+1. The quantitative estimate of drug-likeness (QED) is 0.0529. The molecule has 0 aromatic heterocycles. The van der Waals surface area contributed by atoms with Crippen LogP contribution in [0.25, 0.3) is 23.3 Å². The molecular weight excluding hydrogens is 1190 g/mol. The molecule has 452 valence electrons. The Kier molecular flexibility index (Phi) is 16.1.